The van der Waals surface area contributed by atoms with Crippen LogP contribution in [0.4, 0.5) is 5.69 Å². The molecular weight excluding hydrogens is 337 g/mol. The van der Waals surface area contributed by atoms with Gasteiger partial charge < -0.3 is 14.8 Å². The fourth-order valence-electron chi connectivity index (χ4n) is 1.96. The van der Waals surface area contributed by atoms with Crippen LogP contribution in [-0.2, 0) is 4.79 Å². The van der Waals surface area contributed by atoms with Gasteiger partial charge in [0.05, 0.1) is 35.9 Å². The van der Waals surface area contributed by atoms with Crippen molar-refractivity contribution in [3.05, 3.63) is 52.0 Å². The van der Waals surface area contributed by atoms with Gasteiger partial charge in [-0.25, -0.2) is 0 Å². The molecule has 0 aliphatic carbocycles. The minimum atomic E-state index is -0.158. The average molecular weight is 354 g/mol. The number of carbonyl (C=O) groups excluding carboxylic acids is 1. The van der Waals surface area contributed by atoms with Gasteiger partial charge in [0.1, 0.15) is 11.5 Å². The number of anilines is 1. The zero-order valence-electron chi connectivity index (χ0n) is 12.9. The molecule has 0 radical (unpaired) electrons. The van der Waals surface area contributed by atoms with Crippen molar-refractivity contribution in [2.75, 3.05) is 19.0 Å². The lowest BCUT2D eigenvalue weighted by Crippen LogP contribution is -2.15. The quantitative estimate of drug-likeness (QED) is 0.817. The maximum Gasteiger partial charge on any atom is 0.227 e. The Bertz CT molecular complexity index is 704. The lowest BCUT2D eigenvalue weighted by atomic mass is 10.2. The highest BCUT2D eigenvalue weighted by Crippen LogP contribution is 2.27. The second kappa shape index (κ2) is 8.09. The molecule has 0 fully saturated rings. The second-order valence-corrected chi connectivity index (χ2v) is 5.74. The summed E-state index contributed by atoms with van der Waals surface area (Å²) in [5, 5.41) is 3.69. The molecule has 23 heavy (non-hydrogen) atoms. The third kappa shape index (κ3) is 5.05. The van der Waals surface area contributed by atoms with E-state index in [0.29, 0.717) is 27.2 Å². The fraction of sp³-hybridized carbons (Fsp3) is 0.235. The molecule has 0 heterocycles. The molecule has 0 atom stereocenters. The molecule has 0 bridgehead atoms. The SMILES string of the molecule is COc1ccc(C)cc1NC(=O)CCOc1ccc(Cl)c(Cl)c1. The first-order valence-electron chi connectivity index (χ1n) is 7.02. The summed E-state index contributed by atoms with van der Waals surface area (Å²) < 4.78 is 10.7. The lowest BCUT2D eigenvalue weighted by molar-refractivity contribution is -0.116. The van der Waals surface area contributed by atoms with Gasteiger partial charge in [0, 0.05) is 6.07 Å². The van der Waals surface area contributed by atoms with Gasteiger partial charge in [-0.05, 0) is 36.8 Å². The van der Waals surface area contributed by atoms with E-state index in [9.17, 15) is 4.79 Å². The summed E-state index contributed by atoms with van der Waals surface area (Å²) in [7, 11) is 1.56. The van der Waals surface area contributed by atoms with Crippen LogP contribution < -0.4 is 14.8 Å². The van der Waals surface area contributed by atoms with E-state index in [0.717, 1.165) is 5.56 Å². The molecule has 4 nitrogen and oxygen atoms in total. The maximum absolute atomic E-state index is 12.0. The molecule has 0 unspecified atom stereocenters. The predicted octanol–water partition coefficient (Wildman–Crippen LogP) is 4.72. The van der Waals surface area contributed by atoms with E-state index in [2.05, 4.69) is 5.32 Å². The molecule has 0 saturated heterocycles. The Morgan fingerprint density at radius 2 is 1.91 bits per heavy atom. The highest BCUT2D eigenvalue weighted by molar-refractivity contribution is 6.42. The van der Waals surface area contributed by atoms with Crippen LogP contribution in [0.3, 0.4) is 0 Å². The highest BCUT2D eigenvalue weighted by atomic mass is 35.5. The molecular formula is C17H17Cl2NO3. The van der Waals surface area contributed by atoms with Crippen LogP contribution in [-0.4, -0.2) is 19.6 Å². The first kappa shape index (κ1) is 17.4. The summed E-state index contributed by atoms with van der Waals surface area (Å²) in [6.07, 6.45) is 0.206. The van der Waals surface area contributed by atoms with E-state index in [4.69, 9.17) is 32.7 Å². The molecule has 0 aromatic heterocycles. The molecule has 0 spiro atoms. The third-order valence-electron chi connectivity index (χ3n) is 3.12. The molecule has 2 aromatic rings. The Labute approximate surface area is 145 Å². The summed E-state index contributed by atoms with van der Waals surface area (Å²) >= 11 is 11.7. The van der Waals surface area contributed by atoms with Crippen LogP contribution in [0.2, 0.25) is 10.0 Å². The van der Waals surface area contributed by atoms with Crippen LogP contribution in [0.5, 0.6) is 11.5 Å². The topological polar surface area (TPSA) is 47.6 Å². The van der Waals surface area contributed by atoms with Crippen molar-refractivity contribution in [2.45, 2.75) is 13.3 Å². The maximum atomic E-state index is 12.0. The smallest absolute Gasteiger partial charge is 0.227 e. The molecule has 0 saturated carbocycles. The van der Waals surface area contributed by atoms with E-state index in [1.165, 1.54) is 0 Å². The number of amides is 1. The summed E-state index contributed by atoms with van der Waals surface area (Å²) in [5.41, 5.74) is 1.68. The average Bonchev–Trinajstić information content (AvgIpc) is 2.51. The summed E-state index contributed by atoms with van der Waals surface area (Å²) in [4.78, 5) is 12.0. The van der Waals surface area contributed by atoms with Gasteiger partial charge in [0.25, 0.3) is 0 Å². The van der Waals surface area contributed by atoms with Crippen molar-refractivity contribution in [1.29, 1.82) is 0 Å². The van der Waals surface area contributed by atoms with Crippen LogP contribution in [0, 0.1) is 6.92 Å². The first-order valence-corrected chi connectivity index (χ1v) is 7.77. The van der Waals surface area contributed by atoms with E-state index < -0.39 is 0 Å². The van der Waals surface area contributed by atoms with Gasteiger partial charge in [0.2, 0.25) is 5.91 Å². The zero-order valence-corrected chi connectivity index (χ0v) is 14.4. The number of rotatable bonds is 6. The Morgan fingerprint density at radius 3 is 2.61 bits per heavy atom. The number of halogens is 2. The normalized spacial score (nSPS) is 10.3. The number of aryl methyl sites for hydroxylation is 1. The molecule has 2 rings (SSSR count). The zero-order chi connectivity index (χ0) is 16.8. The van der Waals surface area contributed by atoms with Crippen LogP contribution in [0.25, 0.3) is 0 Å². The molecule has 6 heteroatoms. The number of hydrogen-bond acceptors (Lipinski definition) is 3. The number of hydrogen-bond donors (Lipinski definition) is 1. The first-order chi connectivity index (χ1) is 11.0. The third-order valence-corrected chi connectivity index (χ3v) is 3.86. The molecule has 122 valence electrons. The van der Waals surface area contributed by atoms with E-state index in [1.54, 1.807) is 25.3 Å². The summed E-state index contributed by atoms with van der Waals surface area (Å²) in [6.45, 7) is 2.18. The van der Waals surface area contributed by atoms with Gasteiger partial charge in [-0.1, -0.05) is 29.3 Å². The van der Waals surface area contributed by atoms with Crippen LogP contribution in [0.15, 0.2) is 36.4 Å². The minimum absolute atomic E-state index is 0.158. The van der Waals surface area contributed by atoms with E-state index >= 15 is 0 Å². The van der Waals surface area contributed by atoms with Crippen molar-refractivity contribution in [3.63, 3.8) is 0 Å². The lowest BCUT2D eigenvalue weighted by Gasteiger charge is -2.11. The monoisotopic (exact) mass is 353 g/mol. The minimum Gasteiger partial charge on any atom is -0.495 e. The van der Waals surface area contributed by atoms with Gasteiger partial charge in [-0.3, -0.25) is 4.79 Å². The predicted molar refractivity (Wildman–Crippen MR) is 92.9 cm³/mol. The van der Waals surface area contributed by atoms with Gasteiger partial charge >= 0.3 is 0 Å². The van der Waals surface area contributed by atoms with E-state index in [-0.39, 0.29) is 18.9 Å². The Morgan fingerprint density at radius 1 is 1.13 bits per heavy atom. The molecule has 0 aliphatic heterocycles. The number of methoxy groups -OCH3 is 1. The molecule has 1 amide bonds. The van der Waals surface area contributed by atoms with E-state index in [1.807, 2.05) is 25.1 Å². The number of benzene rings is 2. The van der Waals surface area contributed by atoms with Crippen molar-refractivity contribution in [2.24, 2.45) is 0 Å². The molecule has 0 aliphatic rings. The van der Waals surface area contributed by atoms with Crippen LogP contribution >= 0.6 is 23.2 Å². The highest BCUT2D eigenvalue weighted by Gasteiger charge is 2.08. The van der Waals surface area contributed by atoms with Gasteiger partial charge in [-0.2, -0.15) is 0 Å². The Kier molecular flexibility index (Phi) is 6.13. The number of carbonyl (C=O) groups is 1. The largest absolute Gasteiger partial charge is 0.495 e. The van der Waals surface area contributed by atoms with Crippen molar-refractivity contribution < 1.29 is 14.3 Å². The summed E-state index contributed by atoms with van der Waals surface area (Å²) in [6, 6.07) is 10.6. The second-order valence-electron chi connectivity index (χ2n) is 4.93. The van der Waals surface area contributed by atoms with Crippen molar-refractivity contribution >= 4 is 34.8 Å². The summed E-state index contributed by atoms with van der Waals surface area (Å²) in [5.74, 6) is 1.03. The Balaban J connectivity index is 1.88. The van der Waals surface area contributed by atoms with Crippen LogP contribution in [0.1, 0.15) is 12.0 Å². The Hall–Kier alpha value is -1.91. The fourth-order valence-corrected chi connectivity index (χ4v) is 2.25. The molecule has 1 N–H and O–H groups in total. The molecule has 2 aromatic carbocycles. The number of ether oxygens (including phenoxy) is 2. The standard InChI is InChI=1S/C17H17Cl2NO3/c1-11-3-6-16(22-2)15(9-11)20-17(21)7-8-23-12-4-5-13(18)14(19)10-12/h3-6,9-10H,7-8H2,1-2H3,(H,20,21). The number of nitrogens with one attached hydrogen (secondary N) is 1. The van der Waals surface area contributed by atoms with Crippen molar-refractivity contribution in [3.8, 4) is 11.5 Å². The van der Waals surface area contributed by atoms with Crippen molar-refractivity contribution in [1.82, 2.24) is 0 Å². The van der Waals surface area contributed by atoms with Gasteiger partial charge in [-0.15, -0.1) is 0 Å². The van der Waals surface area contributed by atoms with Gasteiger partial charge in [0.15, 0.2) is 0 Å².